The molecule has 0 aliphatic heterocycles. The van der Waals surface area contributed by atoms with Crippen LogP contribution in [0.15, 0.2) is 18.3 Å². The molecule has 1 amide bonds. The summed E-state index contributed by atoms with van der Waals surface area (Å²) >= 11 is 0. The van der Waals surface area contributed by atoms with Gasteiger partial charge in [-0.1, -0.05) is 19.3 Å². The monoisotopic (exact) mass is 272 g/mol. The summed E-state index contributed by atoms with van der Waals surface area (Å²) in [6.45, 7) is 1.90. The molecule has 0 atom stereocenters. The Hall–Kier alpha value is -1.91. The molecule has 5 nitrogen and oxygen atoms in total. The molecule has 1 N–H and O–H groups in total. The number of hydrogen-bond donors (Lipinski definition) is 1. The second-order valence-corrected chi connectivity index (χ2v) is 5.62. The fourth-order valence-corrected chi connectivity index (χ4v) is 2.98. The Kier molecular flexibility index (Phi) is 3.67. The summed E-state index contributed by atoms with van der Waals surface area (Å²) in [5.74, 6) is 1.46. The Labute approximate surface area is 118 Å². The third-order valence-electron chi connectivity index (χ3n) is 4.08. The summed E-state index contributed by atoms with van der Waals surface area (Å²) in [7, 11) is 0. The van der Waals surface area contributed by atoms with E-state index in [1.165, 1.54) is 32.1 Å². The van der Waals surface area contributed by atoms with Crippen molar-refractivity contribution in [2.24, 2.45) is 5.92 Å². The van der Waals surface area contributed by atoms with Gasteiger partial charge in [-0.3, -0.25) is 9.20 Å². The molecule has 2 heterocycles. The van der Waals surface area contributed by atoms with Gasteiger partial charge in [-0.15, -0.1) is 10.2 Å². The lowest BCUT2D eigenvalue weighted by Crippen LogP contribution is -2.18. The van der Waals surface area contributed by atoms with Crippen molar-refractivity contribution in [1.82, 2.24) is 14.6 Å². The molecule has 3 rings (SSSR count). The highest BCUT2D eigenvalue weighted by Crippen LogP contribution is 2.26. The number of anilines is 1. The number of carbonyl (C=O) groups excluding carboxylic acids is 1. The van der Waals surface area contributed by atoms with Crippen LogP contribution in [0.4, 0.5) is 5.69 Å². The van der Waals surface area contributed by atoms with Crippen molar-refractivity contribution in [3.63, 3.8) is 0 Å². The summed E-state index contributed by atoms with van der Waals surface area (Å²) in [4.78, 5) is 12.2. The van der Waals surface area contributed by atoms with Crippen molar-refractivity contribution < 1.29 is 4.79 Å². The summed E-state index contributed by atoms with van der Waals surface area (Å²) in [6, 6.07) is 3.78. The summed E-state index contributed by atoms with van der Waals surface area (Å²) < 4.78 is 1.89. The van der Waals surface area contributed by atoms with E-state index in [9.17, 15) is 4.79 Å². The average Bonchev–Trinajstić information content (AvgIpc) is 2.83. The maximum Gasteiger partial charge on any atom is 0.224 e. The first-order valence-electron chi connectivity index (χ1n) is 7.34. The predicted molar refractivity (Wildman–Crippen MR) is 77.5 cm³/mol. The standard InChI is InChI=1S/C15H20N4O/c1-11-17-18-15-13(8-5-9-19(11)15)16-14(20)10-12-6-3-2-4-7-12/h5,8-9,12H,2-4,6-7,10H2,1H3,(H,16,20). The Balaban J connectivity index is 1.70. The van der Waals surface area contributed by atoms with E-state index in [0.29, 0.717) is 18.0 Å². The van der Waals surface area contributed by atoms with Crippen LogP contribution in [0.1, 0.15) is 44.3 Å². The van der Waals surface area contributed by atoms with Crippen molar-refractivity contribution >= 4 is 17.2 Å². The van der Waals surface area contributed by atoms with E-state index in [1.54, 1.807) is 0 Å². The molecular weight excluding hydrogens is 252 g/mol. The number of hydrogen-bond acceptors (Lipinski definition) is 3. The van der Waals surface area contributed by atoms with Gasteiger partial charge in [0, 0.05) is 12.6 Å². The molecule has 1 fully saturated rings. The highest BCUT2D eigenvalue weighted by atomic mass is 16.1. The minimum Gasteiger partial charge on any atom is -0.323 e. The van der Waals surface area contributed by atoms with Crippen molar-refractivity contribution in [2.75, 3.05) is 5.32 Å². The lowest BCUT2D eigenvalue weighted by atomic mass is 9.87. The third-order valence-corrected chi connectivity index (χ3v) is 4.08. The molecule has 0 aromatic carbocycles. The van der Waals surface area contributed by atoms with Crippen LogP contribution in [-0.4, -0.2) is 20.5 Å². The van der Waals surface area contributed by atoms with E-state index in [0.717, 1.165) is 11.5 Å². The lowest BCUT2D eigenvalue weighted by Gasteiger charge is -2.20. The number of amides is 1. The van der Waals surface area contributed by atoms with E-state index in [1.807, 2.05) is 29.7 Å². The zero-order valence-electron chi connectivity index (χ0n) is 11.8. The molecule has 0 bridgehead atoms. The Bertz CT molecular complexity index is 613. The largest absolute Gasteiger partial charge is 0.323 e. The van der Waals surface area contributed by atoms with Crippen LogP contribution < -0.4 is 5.32 Å². The molecule has 0 saturated heterocycles. The minimum absolute atomic E-state index is 0.0886. The smallest absolute Gasteiger partial charge is 0.224 e. The summed E-state index contributed by atoms with van der Waals surface area (Å²) in [6.07, 6.45) is 8.73. The van der Waals surface area contributed by atoms with Crippen LogP contribution in [-0.2, 0) is 4.79 Å². The molecule has 2 aromatic rings. The van der Waals surface area contributed by atoms with Crippen LogP contribution >= 0.6 is 0 Å². The molecule has 1 aliphatic rings. The van der Waals surface area contributed by atoms with Crippen molar-refractivity contribution in [2.45, 2.75) is 45.4 Å². The normalized spacial score (nSPS) is 16.4. The molecule has 1 aliphatic carbocycles. The second-order valence-electron chi connectivity index (χ2n) is 5.62. The molecule has 0 spiro atoms. The highest BCUT2D eigenvalue weighted by molar-refractivity contribution is 5.94. The van der Waals surface area contributed by atoms with Crippen molar-refractivity contribution in [1.29, 1.82) is 0 Å². The first-order chi connectivity index (χ1) is 9.74. The van der Waals surface area contributed by atoms with Gasteiger partial charge in [0.2, 0.25) is 5.91 Å². The molecule has 106 valence electrons. The van der Waals surface area contributed by atoms with Gasteiger partial charge >= 0.3 is 0 Å². The fraction of sp³-hybridized carbons (Fsp3) is 0.533. The Morgan fingerprint density at radius 2 is 2.15 bits per heavy atom. The average molecular weight is 272 g/mol. The van der Waals surface area contributed by atoms with E-state index in [-0.39, 0.29) is 5.91 Å². The van der Waals surface area contributed by atoms with Crippen LogP contribution in [0.2, 0.25) is 0 Å². The number of aryl methyl sites for hydroxylation is 1. The molecule has 0 unspecified atom stereocenters. The number of aromatic nitrogens is 3. The Morgan fingerprint density at radius 3 is 2.95 bits per heavy atom. The number of nitrogens with one attached hydrogen (secondary N) is 1. The maximum atomic E-state index is 12.2. The van der Waals surface area contributed by atoms with E-state index >= 15 is 0 Å². The van der Waals surface area contributed by atoms with Crippen molar-refractivity contribution in [3.8, 4) is 0 Å². The number of nitrogens with zero attached hydrogens (tertiary/aromatic N) is 3. The SMILES string of the molecule is Cc1nnc2c(NC(=O)CC3CCCCC3)cccn12. The molecule has 5 heteroatoms. The number of fused-ring (bicyclic) bond motifs is 1. The molecule has 0 radical (unpaired) electrons. The number of carbonyl (C=O) groups is 1. The predicted octanol–water partition coefficient (Wildman–Crippen LogP) is 2.95. The molecule has 1 saturated carbocycles. The summed E-state index contributed by atoms with van der Waals surface area (Å²) in [5.41, 5.74) is 1.45. The lowest BCUT2D eigenvalue weighted by molar-refractivity contribution is -0.117. The quantitative estimate of drug-likeness (QED) is 0.934. The molecule has 2 aromatic heterocycles. The van der Waals surface area contributed by atoms with E-state index in [2.05, 4.69) is 15.5 Å². The zero-order valence-corrected chi connectivity index (χ0v) is 11.8. The van der Waals surface area contributed by atoms with Crippen molar-refractivity contribution in [3.05, 3.63) is 24.2 Å². The van der Waals surface area contributed by atoms with Gasteiger partial charge in [0.05, 0.1) is 5.69 Å². The van der Waals surface area contributed by atoms with Gasteiger partial charge in [-0.05, 0) is 37.8 Å². The Morgan fingerprint density at radius 1 is 1.35 bits per heavy atom. The first kappa shape index (κ1) is 13.1. The van der Waals surface area contributed by atoms with Gasteiger partial charge in [-0.2, -0.15) is 0 Å². The summed E-state index contributed by atoms with van der Waals surface area (Å²) in [5, 5.41) is 11.1. The topological polar surface area (TPSA) is 59.3 Å². The van der Waals surface area contributed by atoms with Crippen LogP contribution in [0.3, 0.4) is 0 Å². The maximum absolute atomic E-state index is 12.2. The van der Waals surface area contributed by atoms with E-state index < -0.39 is 0 Å². The van der Waals surface area contributed by atoms with Crippen LogP contribution in [0.5, 0.6) is 0 Å². The number of pyridine rings is 1. The third kappa shape index (κ3) is 2.66. The molecule has 20 heavy (non-hydrogen) atoms. The van der Waals surface area contributed by atoms with Gasteiger partial charge in [0.25, 0.3) is 0 Å². The van der Waals surface area contributed by atoms with Gasteiger partial charge in [-0.25, -0.2) is 0 Å². The number of rotatable bonds is 3. The fourth-order valence-electron chi connectivity index (χ4n) is 2.98. The van der Waals surface area contributed by atoms with Gasteiger partial charge in [0.1, 0.15) is 5.82 Å². The molecular formula is C15H20N4O. The minimum atomic E-state index is 0.0886. The van der Waals surface area contributed by atoms with Gasteiger partial charge < -0.3 is 5.32 Å². The zero-order chi connectivity index (χ0) is 13.9. The first-order valence-corrected chi connectivity index (χ1v) is 7.34. The van der Waals surface area contributed by atoms with Crippen LogP contribution in [0.25, 0.3) is 5.65 Å². The highest BCUT2D eigenvalue weighted by Gasteiger charge is 2.18. The van der Waals surface area contributed by atoms with Crippen LogP contribution in [0, 0.1) is 12.8 Å². The van der Waals surface area contributed by atoms with Gasteiger partial charge in [0.15, 0.2) is 5.65 Å². The van der Waals surface area contributed by atoms with E-state index in [4.69, 9.17) is 0 Å². The second kappa shape index (κ2) is 5.61.